The van der Waals surface area contributed by atoms with E-state index in [0.717, 1.165) is 0 Å². The van der Waals surface area contributed by atoms with Crippen LogP contribution >= 0.6 is 0 Å². The van der Waals surface area contributed by atoms with Crippen LogP contribution in [-0.2, 0) is 11.2 Å². The molecule has 0 atom stereocenters. The number of carboxylic acid groups (broad SMARTS) is 1. The molecule has 0 aliphatic heterocycles. The maximum atomic E-state index is 11.2. The summed E-state index contributed by atoms with van der Waals surface area (Å²) in [5, 5.41) is 8.64. The van der Waals surface area contributed by atoms with Crippen LogP contribution in [0.15, 0.2) is 35.4 Å². The summed E-state index contributed by atoms with van der Waals surface area (Å²) in [6.07, 6.45) is 1.12. The van der Waals surface area contributed by atoms with E-state index in [4.69, 9.17) is 15.6 Å². The number of aliphatic carboxylic acids is 1. The van der Waals surface area contributed by atoms with Crippen molar-refractivity contribution in [3.63, 3.8) is 0 Å². The van der Waals surface area contributed by atoms with E-state index in [1.807, 2.05) is 0 Å². The summed E-state index contributed by atoms with van der Waals surface area (Å²) in [5.41, 5.74) is 5.57. The van der Waals surface area contributed by atoms with Crippen molar-refractivity contribution < 1.29 is 14.6 Å². The number of anilines is 1. The fourth-order valence-corrected chi connectivity index (χ4v) is 1.44. The Morgan fingerprint density at radius 1 is 1.37 bits per heavy atom. The largest absolute Gasteiger partial charge is 0.481 e. The molecule has 0 unspecified atom stereocenters. The Hall–Kier alpha value is -2.83. The van der Waals surface area contributed by atoms with Gasteiger partial charge in [0, 0.05) is 0 Å². The zero-order chi connectivity index (χ0) is 13.8. The average Bonchev–Trinajstić information content (AvgIpc) is 2.37. The molecule has 4 N–H and O–H groups in total. The lowest BCUT2D eigenvalue weighted by molar-refractivity contribution is -0.136. The van der Waals surface area contributed by atoms with E-state index in [9.17, 15) is 9.59 Å². The Labute approximate surface area is 107 Å². The summed E-state index contributed by atoms with van der Waals surface area (Å²) in [4.78, 5) is 27.9. The van der Waals surface area contributed by atoms with Crippen molar-refractivity contribution in [3.05, 3.63) is 46.5 Å². The summed E-state index contributed by atoms with van der Waals surface area (Å²) < 4.78 is 5.35. The number of carbonyl (C=O) groups is 1. The lowest BCUT2D eigenvalue weighted by Gasteiger charge is -2.06. The molecule has 0 fully saturated rings. The molecule has 0 saturated carbocycles. The predicted octanol–water partition coefficient (Wildman–Crippen LogP) is 0.772. The summed E-state index contributed by atoms with van der Waals surface area (Å²) in [7, 11) is 0. The van der Waals surface area contributed by atoms with Gasteiger partial charge in [-0.3, -0.25) is 9.59 Å². The molecule has 1 aromatic carbocycles. The second kappa shape index (κ2) is 5.21. The number of rotatable bonds is 4. The fourth-order valence-electron chi connectivity index (χ4n) is 1.44. The summed E-state index contributed by atoms with van der Waals surface area (Å²) in [6, 6.07) is 6.40. The molecule has 1 heterocycles. The number of nitrogens with zero attached hydrogens (tertiary/aromatic N) is 1. The Kier molecular flexibility index (Phi) is 3.46. The molecule has 1 aromatic heterocycles. The number of ether oxygens (including phenoxy) is 1. The number of aromatic nitrogens is 2. The van der Waals surface area contributed by atoms with Gasteiger partial charge in [0.2, 0.25) is 5.88 Å². The monoisotopic (exact) mass is 261 g/mol. The fraction of sp³-hybridized carbons (Fsp3) is 0.0833. The number of aromatic amines is 1. The summed E-state index contributed by atoms with van der Waals surface area (Å²) >= 11 is 0. The van der Waals surface area contributed by atoms with Gasteiger partial charge in [0.1, 0.15) is 5.75 Å². The van der Waals surface area contributed by atoms with Gasteiger partial charge in [-0.25, -0.2) is 4.98 Å². The van der Waals surface area contributed by atoms with Gasteiger partial charge in [-0.2, -0.15) is 0 Å². The molecule has 2 aromatic rings. The second-order valence-electron chi connectivity index (χ2n) is 3.77. The van der Waals surface area contributed by atoms with Crippen LogP contribution in [0.3, 0.4) is 0 Å². The Morgan fingerprint density at radius 2 is 2.05 bits per heavy atom. The quantitative estimate of drug-likeness (QED) is 0.748. The lowest BCUT2D eigenvalue weighted by Crippen LogP contribution is -2.13. The van der Waals surface area contributed by atoms with Crippen LogP contribution in [0.2, 0.25) is 0 Å². The van der Waals surface area contributed by atoms with Gasteiger partial charge in [-0.05, 0) is 17.7 Å². The molecule has 0 aliphatic rings. The number of nitrogen functional groups attached to an aromatic ring is 1. The van der Waals surface area contributed by atoms with Crippen molar-refractivity contribution in [1.29, 1.82) is 0 Å². The van der Waals surface area contributed by atoms with Gasteiger partial charge in [0.25, 0.3) is 5.56 Å². The number of benzene rings is 1. The highest BCUT2D eigenvalue weighted by atomic mass is 16.5. The van der Waals surface area contributed by atoms with Crippen LogP contribution < -0.4 is 16.0 Å². The van der Waals surface area contributed by atoms with E-state index in [1.54, 1.807) is 24.3 Å². The number of hydrogen-bond acceptors (Lipinski definition) is 5. The standard InChI is InChI=1S/C12H11N3O4/c13-10-11(18)14-6-15-12(10)19-8-3-1-7(2-4-8)5-9(16)17/h1-4,6H,5,13H2,(H,16,17)(H,14,15,18). The molecular formula is C12H11N3O4. The van der Waals surface area contributed by atoms with Gasteiger partial charge in [-0.15, -0.1) is 0 Å². The number of carboxylic acids is 1. The number of nitrogens with two attached hydrogens (primary N) is 1. The zero-order valence-electron chi connectivity index (χ0n) is 9.79. The van der Waals surface area contributed by atoms with Crippen molar-refractivity contribution in [2.24, 2.45) is 0 Å². The normalized spacial score (nSPS) is 10.1. The minimum absolute atomic E-state index is 0.00901. The highest BCUT2D eigenvalue weighted by Gasteiger charge is 2.07. The van der Waals surface area contributed by atoms with Crippen molar-refractivity contribution in [1.82, 2.24) is 9.97 Å². The summed E-state index contributed by atoms with van der Waals surface area (Å²) in [6.45, 7) is 0. The predicted molar refractivity (Wildman–Crippen MR) is 67.1 cm³/mol. The third-order valence-corrected chi connectivity index (χ3v) is 2.35. The molecule has 7 heteroatoms. The van der Waals surface area contributed by atoms with E-state index in [2.05, 4.69) is 9.97 Å². The molecule has 7 nitrogen and oxygen atoms in total. The van der Waals surface area contributed by atoms with Crippen LogP contribution in [0, 0.1) is 0 Å². The Morgan fingerprint density at radius 3 is 2.68 bits per heavy atom. The third kappa shape index (κ3) is 3.09. The number of hydrogen-bond donors (Lipinski definition) is 3. The maximum absolute atomic E-state index is 11.2. The minimum atomic E-state index is -0.908. The van der Waals surface area contributed by atoms with Gasteiger partial charge < -0.3 is 20.6 Å². The van der Waals surface area contributed by atoms with Crippen molar-refractivity contribution in [3.8, 4) is 11.6 Å². The molecule has 0 radical (unpaired) electrons. The number of H-pyrrole nitrogens is 1. The number of nitrogens with one attached hydrogen (secondary N) is 1. The first kappa shape index (κ1) is 12.6. The molecule has 0 amide bonds. The first-order chi connectivity index (χ1) is 9.06. The summed E-state index contributed by atoms with van der Waals surface area (Å²) in [5.74, 6) is -0.483. The van der Waals surface area contributed by atoms with Gasteiger partial charge >= 0.3 is 5.97 Å². The highest BCUT2D eigenvalue weighted by molar-refractivity contribution is 5.70. The van der Waals surface area contributed by atoms with E-state index in [-0.39, 0.29) is 18.0 Å². The smallest absolute Gasteiger partial charge is 0.307 e. The van der Waals surface area contributed by atoms with Crippen LogP contribution in [0.25, 0.3) is 0 Å². The third-order valence-electron chi connectivity index (χ3n) is 2.35. The van der Waals surface area contributed by atoms with Crippen LogP contribution in [0.1, 0.15) is 5.56 Å². The SMILES string of the molecule is Nc1c(Oc2ccc(CC(=O)O)cc2)nc[nH]c1=O. The molecule has 2 rings (SSSR count). The average molecular weight is 261 g/mol. The molecule has 0 spiro atoms. The topological polar surface area (TPSA) is 118 Å². The Balaban J connectivity index is 2.17. The molecule has 0 bridgehead atoms. The maximum Gasteiger partial charge on any atom is 0.307 e. The van der Waals surface area contributed by atoms with Gasteiger partial charge in [0.15, 0.2) is 5.69 Å². The van der Waals surface area contributed by atoms with Gasteiger partial charge in [-0.1, -0.05) is 12.1 Å². The molecule has 0 aliphatic carbocycles. The van der Waals surface area contributed by atoms with E-state index >= 15 is 0 Å². The molecular weight excluding hydrogens is 250 g/mol. The van der Waals surface area contributed by atoms with Crippen LogP contribution in [-0.4, -0.2) is 21.0 Å². The molecule has 0 saturated heterocycles. The zero-order valence-corrected chi connectivity index (χ0v) is 9.79. The van der Waals surface area contributed by atoms with E-state index in [1.165, 1.54) is 6.33 Å². The van der Waals surface area contributed by atoms with E-state index in [0.29, 0.717) is 11.3 Å². The highest BCUT2D eigenvalue weighted by Crippen LogP contribution is 2.22. The molecule has 98 valence electrons. The first-order valence-electron chi connectivity index (χ1n) is 5.38. The van der Waals surface area contributed by atoms with Crippen molar-refractivity contribution in [2.75, 3.05) is 5.73 Å². The van der Waals surface area contributed by atoms with E-state index < -0.39 is 11.5 Å². The minimum Gasteiger partial charge on any atom is -0.481 e. The lowest BCUT2D eigenvalue weighted by atomic mass is 10.1. The first-order valence-corrected chi connectivity index (χ1v) is 5.38. The van der Waals surface area contributed by atoms with Crippen LogP contribution in [0.5, 0.6) is 11.6 Å². The van der Waals surface area contributed by atoms with Crippen molar-refractivity contribution in [2.45, 2.75) is 6.42 Å². The van der Waals surface area contributed by atoms with Crippen LogP contribution in [0.4, 0.5) is 5.69 Å². The second-order valence-corrected chi connectivity index (χ2v) is 3.77. The van der Waals surface area contributed by atoms with Gasteiger partial charge in [0.05, 0.1) is 12.7 Å². The Bertz CT molecular complexity index is 649. The molecule has 19 heavy (non-hydrogen) atoms. The van der Waals surface area contributed by atoms with Crippen molar-refractivity contribution >= 4 is 11.7 Å².